The Balaban J connectivity index is 2.90. The van der Waals surface area contributed by atoms with Gasteiger partial charge in [-0.25, -0.2) is 0 Å². The van der Waals surface area contributed by atoms with E-state index < -0.39 is 10.8 Å². The molecule has 0 saturated heterocycles. The predicted molar refractivity (Wildman–Crippen MR) is 62.0 cm³/mol. The average Bonchev–Trinajstić information content (AvgIpc) is 2.19. The van der Waals surface area contributed by atoms with Crippen LogP contribution in [-0.4, -0.2) is 16.6 Å². The van der Waals surface area contributed by atoms with Crippen molar-refractivity contribution >= 4 is 34.7 Å². The number of nitro benzene ring substituents is 1. The summed E-state index contributed by atoms with van der Waals surface area (Å²) >= 11 is 5.76. The molecule has 17 heavy (non-hydrogen) atoms. The lowest BCUT2D eigenvalue weighted by molar-refractivity contribution is -0.384. The Kier molecular flexibility index (Phi) is 4.17. The summed E-state index contributed by atoms with van der Waals surface area (Å²) in [5, 5.41) is 13.0. The highest BCUT2D eigenvalue weighted by molar-refractivity contribution is 6.33. The van der Waals surface area contributed by atoms with E-state index in [-0.39, 0.29) is 28.6 Å². The highest BCUT2D eigenvalue weighted by Crippen LogP contribution is 2.26. The second-order valence-corrected chi connectivity index (χ2v) is 3.76. The first-order valence-electron chi connectivity index (χ1n) is 4.63. The number of carbonyl (C=O) groups excluding carboxylic acids is 2. The van der Waals surface area contributed by atoms with Gasteiger partial charge >= 0.3 is 0 Å². The lowest BCUT2D eigenvalue weighted by Gasteiger charge is -2.05. The van der Waals surface area contributed by atoms with Gasteiger partial charge in [0.05, 0.1) is 22.1 Å². The summed E-state index contributed by atoms with van der Waals surface area (Å²) in [5.41, 5.74) is -0.0698. The molecular formula is C10H9ClN2O4. The van der Waals surface area contributed by atoms with Gasteiger partial charge in [0.15, 0.2) is 0 Å². The molecule has 0 bridgehead atoms. The average molecular weight is 257 g/mol. The molecule has 6 nitrogen and oxygen atoms in total. The summed E-state index contributed by atoms with van der Waals surface area (Å²) in [7, 11) is 0. The molecule has 0 fully saturated rings. The second kappa shape index (κ2) is 5.40. The standard InChI is InChI=1S/C10H9ClN2O4/c1-6(14)4-10(15)12-9-5-7(13(16)17)2-3-8(9)11/h2-3,5H,4H2,1H3,(H,12,15). The van der Waals surface area contributed by atoms with E-state index >= 15 is 0 Å². The number of nitro groups is 1. The van der Waals surface area contributed by atoms with Crippen molar-refractivity contribution in [3.63, 3.8) is 0 Å². The molecule has 1 aromatic rings. The number of ketones is 1. The van der Waals surface area contributed by atoms with Gasteiger partial charge in [0, 0.05) is 12.1 Å². The number of rotatable bonds is 4. The van der Waals surface area contributed by atoms with Crippen LogP contribution < -0.4 is 5.32 Å². The van der Waals surface area contributed by atoms with Crippen molar-refractivity contribution in [2.75, 3.05) is 5.32 Å². The second-order valence-electron chi connectivity index (χ2n) is 3.35. The van der Waals surface area contributed by atoms with Crippen LogP contribution in [-0.2, 0) is 9.59 Å². The number of hydrogen-bond acceptors (Lipinski definition) is 4. The van der Waals surface area contributed by atoms with Crippen LogP contribution >= 0.6 is 11.6 Å². The SMILES string of the molecule is CC(=O)CC(=O)Nc1cc([N+](=O)[O-])ccc1Cl. The van der Waals surface area contributed by atoms with Gasteiger partial charge in [0.1, 0.15) is 5.78 Å². The molecule has 0 spiro atoms. The van der Waals surface area contributed by atoms with Gasteiger partial charge in [0.25, 0.3) is 5.69 Å². The number of hydrogen-bond donors (Lipinski definition) is 1. The highest BCUT2D eigenvalue weighted by atomic mass is 35.5. The predicted octanol–water partition coefficient (Wildman–Crippen LogP) is 2.17. The zero-order chi connectivity index (χ0) is 13.0. The molecule has 1 aromatic carbocycles. The Morgan fingerprint density at radius 3 is 2.65 bits per heavy atom. The van der Waals surface area contributed by atoms with Gasteiger partial charge in [-0.15, -0.1) is 0 Å². The Bertz CT molecular complexity index is 487. The number of carbonyl (C=O) groups is 2. The van der Waals surface area contributed by atoms with Crippen LogP contribution in [0.1, 0.15) is 13.3 Å². The largest absolute Gasteiger partial charge is 0.324 e. The minimum absolute atomic E-state index is 0.118. The molecule has 0 radical (unpaired) electrons. The van der Waals surface area contributed by atoms with Crippen LogP contribution in [0.3, 0.4) is 0 Å². The maximum atomic E-state index is 11.3. The summed E-state index contributed by atoms with van der Waals surface area (Å²) in [6.45, 7) is 1.27. The number of nitrogens with one attached hydrogen (secondary N) is 1. The zero-order valence-corrected chi connectivity index (χ0v) is 9.65. The Labute approximate surface area is 102 Å². The van der Waals surface area contributed by atoms with Crippen molar-refractivity contribution < 1.29 is 14.5 Å². The maximum Gasteiger partial charge on any atom is 0.271 e. The van der Waals surface area contributed by atoms with Crippen LogP contribution in [0.15, 0.2) is 18.2 Å². The number of anilines is 1. The smallest absolute Gasteiger partial charge is 0.271 e. The van der Waals surface area contributed by atoms with Gasteiger partial charge < -0.3 is 5.32 Å². The van der Waals surface area contributed by atoms with Gasteiger partial charge in [-0.05, 0) is 13.0 Å². The third-order valence-electron chi connectivity index (χ3n) is 1.84. The van der Waals surface area contributed by atoms with Gasteiger partial charge in [-0.3, -0.25) is 19.7 Å². The number of halogens is 1. The molecule has 0 aromatic heterocycles. The van der Waals surface area contributed by atoms with E-state index in [1.54, 1.807) is 0 Å². The lowest BCUT2D eigenvalue weighted by atomic mass is 10.2. The van der Waals surface area contributed by atoms with Crippen molar-refractivity contribution in [1.82, 2.24) is 0 Å². The van der Waals surface area contributed by atoms with Crippen molar-refractivity contribution in [3.8, 4) is 0 Å². The normalized spacial score (nSPS) is 9.76. The van der Waals surface area contributed by atoms with Crippen LogP contribution in [0.25, 0.3) is 0 Å². The van der Waals surface area contributed by atoms with E-state index in [0.717, 1.165) is 6.07 Å². The first-order chi connectivity index (χ1) is 7.90. The Morgan fingerprint density at radius 1 is 1.47 bits per heavy atom. The summed E-state index contributed by atoms with van der Waals surface area (Å²) in [6, 6.07) is 3.67. The van der Waals surface area contributed by atoms with Gasteiger partial charge in [-0.2, -0.15) is 0 Å². The molecule has 0 saturated carbocycles. The molecule has 7 heteroatoms. The van der Waals surface area contributed by atoms with Crippen LogP contribution in [0.4, 0.5) is 11.4 Å². The fourth-order valence-electron chi connectivity index (χ4n) is 1.14. The van der Waals surface area contributed by atoms with Crippen molar-refractivity contribution in [2.24, 2.45) is 0 Å². The monoisotopic (exact) mass is 256 g/mol. The van der Waals surface area contributed by atoms with Crippen molar-refractivity contribution in [2.45, 2.75) is 13.3 Å². The molecular weight excluding hydrogens is 248 g/mol. The molecule has 0 heterocycles. The van der Waals surface area contributed by atoms with Gasteiger partial charge in [-0.1, -0.05) is 11.6 Å². The third-order valence-corrected chi connectivity index (χ3v) is 2.17. The van der Waals surface area contributed by atoms with E-state index in [0.29, 0.717) is 0 Å². The number of Topliss-reactive ketones (excluding diaryl/α,β-unsaturated/α-hetero) is 1. The number of amides is 1. The number of nitrogens with zero attached hydrogens (tertiary/aromatic N) is 1. The molecule has 1 N–H and O–H groups in total. The summed E-state index contributed by atoms with van der Waals surface area (Å²) in [5.74, 6) is -0.857. The highest BCUT2D eigenvalue weighted by Gasteiger charge is 2.12. The third kappa shape index (κ3) is 3.84. The molecule has 0 unspecified atom stereocenters. The number of benzene rings is 1. The Morgan fingerprint density at radius 2 is 2.12 bits per heavy atom. The first-order valence-corrected chi connectivity index (χ1v) is 5.01. The minimum Gasteiger partial charge on any atom is -0.324 e. The van der Waals surface area contributed by atoms with Crippen molar-refractivity contribution in [1.29, 1.82) is 0 Å². The topological polar surface area (TPSA) is 89.3 Å². The van der Waals surface area contributed by atoms with E-state index in [4.69, 9.17) is 11.6 Å². The summed E-state index contributed by atoms with van der Waals surface area (Å²) in [4.78, 5) is 31.9. The fraction of sp³-hybridized carbons (Fsp3) is 0.200. The molecule has 0 atom stereocenters. The summed E-state index contributed by atoms with van der Waals surface area (Å²) < 4.78 is 0. The number of non-ortho nitro benzene ring substituents is 1. The van der Waals surface area contributed by atoms with E-state index in [2.05, 4.69) is 5.32 Å². The van der Waals surface area contributed by atoms with E-state index in [9.17, 15) is 19.7 Å². The quantitative estimate of drug-likeness (QED) is 0.508. The maximum absolute atomic E-state index is 11.3. The molecule has 0 aliphatic rings. The zero-order valence-electron chi connectivity index (χ0n) is 8.90. The summed E-state index contributed by atoms with van der Waals surface area (Å²) in [6.07, 6.45) is -0.293. The van der Waals surface area contributed by atoms with Crippen molar-refractivity contribution in [3.05, 3.63) is 33.3 Å². The first kappa shape index (κ1) is 13.1. The minimum atomic E-state index is -0.600. The van der Waals surface area contributed by atoms with Crippen LogP contribution in [0, 0.1) is 10.1 Å². The van der Waals surface area contributed by atoms with E-state index in [1.165, 1.54) is 19.1 Å². The molecule has 1 rings (SSSR count). The molecule has 0 aliphatic heterocycles. The van der Waals surface area contributed by atoms with Crippen LogP contribution in [0.2, 0.25) is 5.02 Å². The molecule has 1 amide bonds. The van der Waals surface area contributed by atoms with Gasteiger partial charge in [0.2, 0.25) is 5.91 Å². The fourth-order valence-corrected chi connectivity index (χ4v) is 1.31. The van der Waals surface area contributed by atoms with Crippen LogP contribution in [0.5, 0.6) is 0 Å². The van der Waals surface area contributed by atoms with E-state index in [1.807, 2.05) is 0 Å². The lowest BCUT2D eigenvalue weighted by Crippen LogP contribution is -2.15. The Hall–Kier alpha value is -1.95. The molecule has 0 aliphatic carbocycles. The molecule has 90 valence electrons.